The van der Waals surface area contributed by atoms with E-state index < -0.39 is 0 Å². The summed E-state index contributed by atoms with van der Waals surface area (Å²) >= 11 is 0. The number of aromatic nitrogens is 2. The van der Waals surface area contributed by atoms with E-state index in [-0.39, 0.29) is 11.9 Å². The molecular weight excluding hydrogens is 254 g/mol. The van der Waals surface area contributed by atoms with Crippen molar-refractivity contribution >= 4 is 5.91 Å². The molecule has 104 valence electrons. The van der Waals surface area contributed by atoms with Gasteiger partial charge in [-0.3, -0.25) is 9.78 Å². The summed E-state index contributed by atoms with van der Waals surface area (Å²) in [5.41, 5.74) is 1.38. The minimum Gasteiger partial charge on any atom is -0.497 e. The van der Waals surface area contributed by atoms with Crippen LogP contribution in [-0.4, -0.2) is 34.9 Å². The smallest absolute Gasteiger partial charge is 0.274 e. The normalized spacial score (nSPS) is 11.8. The third kappa shape index (κ3) is 2.93. The lowest BCUT2D eigenvalue weighted by Crippen LogP contribution is -2.30. The molecule has 5 heteroatoms. The molecule has 2 rings (SSSR count). The first-order chi connectivity index (χ1) is 9.63. The zero-order chi connectivity index (χ0) is 14.5. The highest BCUT2D eigenvalue weighted by molar-refractivity contribution is 5.92. The van der Waals surface area contributed by atoms with Crippen LogP contribution in [0.15, 0.2) is 42.9 Å². The second-order valence-corrected chi connectivity index (χ2v) is 4.46. The van der Waals surface area contributed by atoms with Gasteiger partial charge in [0.15, 0.2) is 0 Å². The number of benzene rings is 1. The van der Waals surface area contributed by atoms with Crippen LogP contribution in [0.1, 0.15) is 29.0 Å². The molecule has 1 heterocycles. The van der Waals surface area contributed by atoms with Crippen molar-refractivity contribution in [2.75, 3.05) is 14.2 Å². The molecule has 1 aromatic carbocycles. The summed E-state index contributed by atoms with van der Waals surface area (Å²) in [7, 11) is 3.38. The quantitative estimate of drug-likeness (QED) is 0.856. The lowest BCUT2D eigenvalue weighted by Gasteiger charge is -2.25. The second kappa shape index (κ2) is 6.14. The lowest BCUT2D eigenvalue weighted by atomic mass is 10.1. The van der Waals surface area contributed by atoms with Gasteiger partial charge in [-0.15, -0.1) is 0 Å². The topological polar surface area (TPSA) is 55.3 Å². The zero-order valence-electron chi connectivity index (χ0n) is 11.8. The standard InChI is InChI=1S/C15H17N3O2/c1-11(12-4-6-13(20-3)7-5-12)18(2)15(19)14-10-16-8-9-17-14/h4-11H,1-3H3. The molecule has 0 saturated heterocycles. The van der Waals surface area contributed by atoms with Crippen LogP contribution in [0.3, 0.4) is 0 Å². The predicted molar refractivity (Wildman–Crippen MR) is 75.5 cm³/mol. The fourth-order valence-corrected chi connectivity index (χ4v) is 1.87. The molecule has 1 aromatic heterocycles. The number of nitrogens with zero attached hydrogens (tertiary/aromatic N) is 3. The van der Waals surface area contributed by atoms with E-state index in [2.05, 4.69) is 9.97 Å². The monoisotopic (exact) mass is 271 g/mol. The van der Waals surface area contributed by atoms with Gasteiger partial charge in [0, 0.05) is 19.4 Å². The number of carbonyl (C=O) groups excluding carboxylic acids is 1. The summed E-state index contributed by atoms with van der Waals surface area (Å²) < 4.78 is 5.13. The van der Waals surface area contributed by atoms with Crippen LogP contribution >= 0.6 is 0 Å². The summed E-state index contributed by atoms with van der Waals surface area (Å²) in [6.07, 6.45) is 4.53. The number of carbonyl (C=O) groups is 1. The van der Waals surface area contributed by atoms with Crippen LogP contribution in [0.25, 0.3) is 0 Å². The van der Waals surface area contributed by atoms with Crippen molar-refractivity contribution in [2.24, 2.45) is 0 Å². The molecule has 0 fully saturated rings. The van der Waals surface area contributed by atoms with Gasteiger partial charge in [0.1, 0.15) is 11.4 Å². The Morgan fingerprint density at radius 2 is 1.95 bits per heavy atom. The first-order valence-corrected chi connectivity index (χ1v) is 6.30. The van der Waals surface area contributed by atoms with Gasteiger partial charge in [-0.1, -0.05) is 12.1 Å². The molecule has 0 aliphatic heterocycles. The van der Waals surface area contributed by atoms with E-state index in [0.717, 1.165) is 11.3 Å². The average molecular weight is 271 g/mol. The van der Waals surface area contributed by atoms with Crippen LogP contribution in [-0.2, 0) is 0 Å². The van der Waals surface area contributed by atoms with E-state index in [1.807, 2.05) is 31.2 Å². The van der Waals surface area contributed by atoms with E-state index in [1.165, 1.54) is 12.4 Å². The maximum atomic E-state index is 12.3. The number of rotatable bonds is 4. The van der Waals surface area contributed by atoms with Crippen LogP contribution in [0.4, 0.5) is 0 Å². The summed E-state index contributed by atoms with van der Waals surface area (Å²) in [5.74, 6) is 0.644. The van der Waals surface area contributed by atoms with Crippen molar-refractivity contribution in [3.8, 4) is 5.75 Å². The molecule has 0 aliphatic rings. The van der Waals surface area contributed by atoms with Crippen molar-refractivity contribution in [1.29, 1.82) is 0 Å². The van der Waals surface area contributed by atoms with Crippen molar-refractivity contribution in [1.82, 2.24) is 14.9 Å². The second-order valence-electron chi connectivity index (χ2n) is 4.46. The Kier molecular flexibility index (Phi) is 4.30. The van der Waals surface area contributed by atoms with E-state index in [0.29, 0.717) is 5.69 Å². The Labute approximate surface area is 118 Å². The predicted octanol–water partition coefficient (Wildman–Crippen LogP) is 2.32. The van der Waals surface area contributed by atoms with Crippen LogP contribution in [0, 0.1) is 0 Å². The molecule has 0 radical (unpaired) electrons. The van der Waals surface area contributed by atoms with Gasteiger partial charge in [-0.25, -0.2) is 4.98 Å². The molecule has 0 aliphatic carbocycles. The maximum absolute atomic E-state index is 12.3. The molecule has 1 atom stereocenters. The number of hydrogen-bond acceptors (Lipinski definition) is 4. The Balaban J connectivity index is 2.15. The average Bonchev–Trinajstić information content (AvgIpc) is 2.53. The summed E-state index contributed by atoms with van der Waals surface area (Å²) in [5, 5.41) is 0. The van der Waals surface area contributed by atoms with Crippen LogP contribution < -0.4 is 4.74 Å². The third-order valence-corrected chi connectivity index (χ3v) is 3.28. The van der Waals surface area contributed by atoms with Gasteiger partial charge >= 0.3 is 0 Å². The Morgan fingerprint density at radius 3 is 2.50 bits per heavy atom. The highest BCUT2D eigenvalue weighted by atomic mass is 16.5. The molecule has 0 bridgehead atoms. The van der Waals surface area contributed by atoms with Crippen LogP contribution in [0.5, 0.6) is 5.75 Å². The van der Waals surface area contributed by atoms with E-state index in [4.69, 9.17) is 4.74 Å². The van der Waals surface area contributed by atoms with Crippen molar-refractivity contribution in [2.45, 2.75) is 13.0 Å². The summed E-state index contributed by atoms with van der Waals surface area (Å²) in [4.78, 5) is 21.9. The van der Waals surface area contributed by atoms with Gasteiger partial charge in [0.05, 0.1) is 19.3 Å². The van der Waals surface area contributed by atoms with Crippen molar-refractivity contribution in [3.05, 3.63) is 54.1 Å². The summed E-state index contributed by atoms with van der Waals surface area (Å²) in [6, 6.07) is 7.60. The zero-order valence-corrected chi connectivity index (χ0v) is 11.8. The molecule has 0 N–H and O–H groups in total. The molecule has 0 saturated carbocycles. The molecule has 20 heavy (non-hydrogen) atoms. The minimum atomic E-state index is -0.151. The highest BCUT2D eigenvalue weighted by Crippen LogP contribution is 2.22. The first-order valence-electron chi connectivity index (χ1n) is 6.30. The van der Waals surface area contributed by atoms with Gasteiger partial charge in [0.2, 0.25) is 0 Å². The fraction of sp³-hybridized carbons (Fsp3) is 0.267. The summed E-state index contributed by atoms with van der Waals surface area (Å²) in [6.45, 7) is 1.97. The fourth-order valence-electron chi connectivity index (χ4n) is 1.87. The molecule has 5 nitrogen and oxygen atoms in total. The Morgan fingerprint density at radius 1 is 1.25 bits per heavy atom. The minimum absolute atomic E-state index is 0.0598. The third-order valence-electron chi connectivity index (χ3n) is 3.28. The van der Waals surface area contributed by atoms with Crippen molar-refractivity contribution in [3.63, 3.8) is 0 Å². The Bertz CT molecular complexity index is 569. The number of ether oxygens (including phenoxy) is 1. The molecule has 2 aromatic rings. The van der Waals surface area contributed by atoms with E-state index >= 15 is 0 Å². The molecule has 1 amide bonds. The first kappa shape index (κ1) is 14.0. The van der Waals surface area contributed by atoms with Crippen LogP contribution in [0.2, 0.25) is 0 Å². The Hall–Kier alpha value is -2.43. The van der Waals surface area contributed by atoms with Crippen molar-refractivity contribution < 1.29 is 9.53 Å². The van der Waals surface area contributed by atoms with Gasteiger partial charge in [-0.05, 0) is 24.6 Å². The number of amides is 1. The largest absolute Gasteiger partial charge is 0.497 e. The van der Waals surface area contributed by atoms with E-state index in [9.17, 15) is 4.79 Å². The molecule has 1 unspecified atom stereocenters. The van der Waals surface area contributed by atoms with Gasteiger partial charge in [0.25, 0.3) is 5.91 Å². The lowest BCUT2D eigenvalue weighted by molar-refractivity contribution is 0.0736. The van der Waals surface area contributed by atoms with E-state index in [1.54, 1.807) is 25.3 Å². The van der Waals surface area contributed by atoms with Gasteiger partial charge < -0.3 is 9.64 Å². The maximum Gasteiger partial charge on any atom is 0.274 e. The molecular formula is C15H17N3O2. The number of hydrogen-bond donors (Lipinski definition) is 0. The molecule has 0 spiro atoms. The van der Waals surface area contributed by atoms with Gasteiger partial charge in [-0.2, -0.15) is 0 Å². The number of methoxy groups -OCH3 is 1. The highest BCUT2D eigenvalue weighted by Gasteiger charge is 2.19. The SMILES string of the molecule is COc1ccc(C(C)N(C)C(=O)c2cnccn2)cc1.